The second kappa shape index (κ2) is 9.84. The lowest BCUT2D eigenvalue weighted by Crippen LogP contribution is -2.39. The van der Waals surface area contributed by atoms with E-state index in [1.165, 1.54) is 6.42 Å². The van der Waals surface area contributed by atoms with E-state index < -0.39 is 19.6 Å². The van der Waals surface area contributed by atoms with E-state index in [0.29, 0.717) is 12.1 Å². The standard InChI is InChI=1S/C19H32NO4P/c1-15(19(22)17-10-6-3-7-11-17)20-12-18(21)14-25(23,24)13-16-8-4-2-5-9-16/h3,6-7,10-11,15-16,18-22H,2,4-5,8-9,12-14H2,1H3,(H,23,24)/t15-,18+,19+/m1/s1. The van der Waals surface area contributed by atoms with Crippen LogP contribution >= 0.6 is 7.37 Å². The first-order chi connectivity index (χ1) is 11.9. The summed E-state index contributed by atoms with van der Waals surface area (Å²) in [7, 11) is -3.31. The van der Waals surface area contributed by atoms with Crippen molar-refractivity contribution in [3.05, 3.63) is 35.9 Å². The molecule has 0 heterocycles. The molecule has 1 aliphatic carbocycles. The smallest absolute Gasteiger partial charge is 0.203 e. The van der Waals surface area contributed by atoms with Gasteiger partial charge in [-0.25, -0.2) is 0 Å². The Morgan fingerprint density at radius 2 is 1.80 bits per heavy atom. The van der Waals surface area contributed by atoms with Gasteiger partial charge in [-0.1, -0.05) is 49.6 Å². The maximum atomic E-state index is 12.4. The van der Waals surface area contributed by atoms with Crippen molar-refractivity contribution < 1.29 is 19.7 Å². The van der Waals surface area contributed by atoms with Gasteiger partial charge in [-0.05, 0) is 31.2 Å². The summed E-state index contributed by atoms with van der Waals surface area (Å²) in [4.78, 5) is 10.2. The Balaban J connectivity index is 1.75. The number of hydrogen-bond donors (Lipinski definition) is 4. The lowest BCUT2D eigenvalue weighted by atomic mass is 9.91. The molecular formula is C19H32NO4P. The van der Waals surface area contributed by atoms with Crippen molar-refractivity contribution >= 4 is 7.37 Å². The monoisotopic (exact) mass is 369 g/mol. The Bertz CT molecular complexity index is 548. The highest BCUT2D eigenvalue weighted by molar-refractivity contribution is 7.58. The molecule has 142 valence electrons. The van der Waals surface area contributed by atoms with E-state index >= 15 is 0 Å². The normalized spacial score (nSPS) is 22.1. The Kier molecular flexibility index (Phi) is 8.11. The zero-order valence-corrected chi connectivity index (χ0v) is 15.9. The second-order valence-corrected chi connectivity index (χ2v) is 9.84. The molecule has 25 heavy (non-hydrogen) atoms. The summed E-state index contributed by atoms with van der Waals surface area (Å²) >= 11 is 0. The van der Waals surface area contributed by atoms with Gasteiger partial charge in [-0.15, -0.1) is 0 Å². The maximum Gasteiger partial charge on any atom is 0.203 e. The van der Waals surface area contributed by atoms with Crippen molar-refractivity contribution in [2.24, 2.45) is 5.92 Å². The van der Waals surface area contributed by atoms with Crippen molar-refractivity contribution in [3.63, 3.8) is 0 Å². The summed E-state index contributed by atoms with van der Waals surface area (Å²) in [6.45, 7) is 2.03. The molecular weight excluding hydrogens is 337 g/mol. The number of aliphatic hydroxyl groups is 2. The van der Waals surface area contributed by atoms with E-state index in [4.69, 9.17) is 0 Å². The SMILES string of the molecule is C[C@@H](NC[C@H](O)CP(=O)(O)CC1CCCCC1)[C@H](O)c1ccccc1. The first-order valence-electron chi connectivity index (χ1n) is 9.32. The van der Waals surface area contributed by atoms with E-state index in [-0.39, 0.29) is 18.7 Å². The molecule has 5 nitrogen and oxygen atoms in total. The minimum atomic E-state index is -3.31. The summed E-state index contributed by atoms with van der Waals surface area (Å²) in [6, 6.07) is 9.08. The van der Waals surface area contributed by atoms with Gasteiger partial charge in [0.15, 0.2) is 0 Å². The molecule has 1 aromatic carbocycles. The Morgan fingerprint density at radius 1 is 1.16 bits per heavy atom. The third kappa shape index (κ3) is 7.20. The molecule has 6 heteroatoms. The number of aliphatic hydroxyl groups excluding tert-OH is 2. The Morgan fingerprint density at radius 3 is 2.44 bits per heavy atom. The fourth-order valence-electron chi connectivity index (χ4n) is 3.61. The average molecular weight is 369 g/mol. The van der Waals surface area contributed by atoms with Crippen LogP contribution in [0.25, 0.3) is 0 Å². The van der Waals surface area contributed by atoms with Crippen molar-refractivity contribution in [1.82, 2.24) is 5.32 Å². The van der Waals surface area contributed by atoms with E-state index in [0.717, 1.165) is 31.2 Å². The van der Waals surface area contributed by atoms with Gasteiger partial charge in [0.05, 0.1) is 18.4 Å². The van der Waals surface area contributed by atoms with Crippen LogP contribution in [0.5, 0.6) is 0 Å². The van der Waals surface area contributed by atoms with Gasteiger partial charge in [0.1, 0.15) is 0 Å². The molecule has 0 spiro atoms. The topological polar surface area (TPSA) is 89.8 Å². The molecule has 1 aromatic rings. The molecule has 0 bridgehead atoms. The Hall–Kier alpha value is -0.710. The third-order valence-corrected chi connectivity index (χ3v) is 7.13. The number of rotatable bonds is 9. The predicted molar refractivity (Wildman–Crippen MR) is 101 cm³/mol. The molecule has 0 saturated heterocycles. The van der Waals surface area contributed by atoms with Crippen LogP contribution in [0.3, 0.4) is 0 Å². The van der Waals surface area contributed by atoms with Gasteiger partial charge in [0.25, 0.3) is 0 Å². The highest BCUT2D eigenvalue weighted by Crippen LogP contribution is 2.45. The van der Waals surface area contributed by atoms with Gasteiger partial charge in [0, 0.05) is 18.7 Å². The van der Waals surface area contributed by atoms with Crippen LogP contribution in [0.1, 0.15) is 50.7 Å². The molecule has 1 fully saturated rings. The highest BCUT2D eigenvalue weighted by Gasteiger charge is 2.28. The van der Waals surface area contributed by atoms with Crippen LogP contribution in [0.2, 0.25) is 0 Å². The van der Waals surface area contributed by atoms with Crippen molar-refractivity contribution in [3.8, 4) is 0 Å². The summed E-state index contributed by atoms with van der Waals surface area (Å²) in [5.74, 6) is 0.323. The van der Waals surface area contributed by atoms with Gasteiger partial charge in [-0.2, -0.15) is 0 Å². The molecule has 4 N–H and O–H groups in total. The van der Waals surface area contributed by atoms with Crippen LogP contribution < -0.4 is 5.32 Å². The highest BCUT2D eigenvalue weighted by atomic mass is 31.2. The molecule has 2 rings (SSSR count). The van der Waals surface area contributed by atoms with Gasteiger partial charge in [0.2, 0.25) is 7.37 Å². The van der Waals surface area contributed by atoms with Crippen LogP contribution in [0.15, 0.2) is 30.3 Å². The first-order valence-corrected chi connectivity index (χ1v) is 11.4. The van der Waals surface area contributed by atoms with E-state index in [1.54, 1.807) is 0 Å². The van der Waals surface area contributed by atoms with Crippen molar-refractivity contribution in [1.29, 1.82) is 0 Å². The molecule has 0 aromatic heterocycles. The van der Waals surface area contributed by atoms with Crippen molar-refractivity contribution in [2.45, 2.75) is 57.3 Å². The zero-order chi connectivity index (χ0) is 18.3. The average Bonchev–Trinajstić information content (AvgIpc) is 2.59. The summed E-state index contributed by atoms with van der Waals surface area (Å²) in [5, 5.41) is 23.5. The fourth-order valence-corrected chi connectivity index (χ4v) is 5.72. The van der Waals surface area contributed by atoms with Crippen LogP contribution in [0.4, 0.5) is 0 Å². The summed E-state index contributed by atoms with van der Waals surface area (Å²) < 4.78 is 12.4. The van der Waals surface area contributed by atoms with E-state index in [9.17, 15) is 19.7 Å². The molecule has 0 amide bonds. The Labute approximate surface area is 150 Å². The predicted octanol–water partition coefficient (Wildman–Crippen LogP) is 2.91. The van der Waals surface area contributed by atoms with Crippen molar-refractivity contribution in [2.75, 3.05) is 18.9 Å². The van der Waals surface area contributed by atoms with Crippen LogP contribution in [-0.2, 0) is 4.57 Å². The number of hydrogen-bond acceptors (Lipinski definition) is 4. The van der Waals surface area contributed by atoms with E-state index in [1.807, 2.05) is 37.3 Å². The van der Waals surface area contributed by atoms with Gasteiger partial charge in [-0.3, -0.25) is 4.57 Å². The minimum absolute atomic E-state index is 0.0787. The van der Waals surface area contributed by atoms with Gasteiger partial charge < -0.3 is 20.4 Å². The maximum absolute atomic E-state index is 12.4. The molecule has 4 atom stereocenters. The third-order valence-electron chi connectivity index (χ3n) is 5.05. The van der Waals surface area contributed by atoms with Crippen LogP contribution in [0, 0.1) is 5.92 Å². The number of nitrogens with one attached hydrogen (secondary N) is 1. The largest absolute Gasteiger partial charge is 0.391 e. The molecule has 1 unspecified atom stereocenters. The lowest BCUT2D eigenvalue weighted by molar-refractivity contribution is 0.121. The second-order valence-electron chi connectivity index (χ2n) is 7.42. The fraction of sp³-hybridized carbons (Fsp3) is 0.684. The summed E-state index contributed by atoms with van der Waals surface area (Å²) in [5.41, 5.74) is 0.808. The lowest BCUT2D eigenvalue weighted by Gasteiger charge is -2.26. The molecule has 1 aliphatic rings. The molecule has 0 aliphatic heterocycles. The quantitative estimate of drug-likeness (QED) is 0.503. The number of benzene rings is 1. The summed E-state index contributed by atoms with van der Waals surface area (Å²) in [6.07, 6.45) is 4.24. The van der Waals surface area contributed by atoms with E-state index in [2.05, 4.69) is 5.32 Å². The van der Waals surface area contributed by atoms with Gasteiger partial charge >= 0.3 is 0 Å². The first kappa shape index (κ1) is 20.6. The zero-order valence-electron chi connectivity index (χ0n) is 15.1. The molecule has 1 saturated carbocycles. The molecule has 0 radical (unpaired) electrons. The minimum Gasteiger partial charge on any atom is -0.391 e. The van der Waals surface area contributed by atoms with Crippen LogP contribution in [-0.4, -0.2) is 46.1 Å².